The van der Waals surface area contributed by atoms with Crippen LogP contribution in [0.15, 0.2) is 4.99 Å². The molecule has 4 amide bonds. The van der Waals surface area contributed by atoms with Gasteiger partial charge in [-0.3, -0.25) is 10.0 Å². The minimum absolute atomic E-state index is 0.0471. The van der Waals surface area contributed by atoms with Crippen LogP contribution in [0.3, 0.4) is 0 Å². The van der Waals surface area contributed by atoms with E-state index in [1.807, 2.05) is 0 Å². The molecule has 0 radical (unpaired) electrons. The zero-order chi connectivity index (χ0) is 16.7. The topological polar surface area (TPSA) is 140 Å². The predicted octanol–water partition coefficient (Wildman–Crippen LogP) is -0.472. The number of carbonyl (C=O) groups excluding carboxylic acids is 2. The molecule has 3 fully saturated rings. The number of nitrogens with two attached hydrogens (primary N) is 1. The molecule has 2 bridgehead atoms. The molecule has 0 aromatic carbocycles. The molecule has 0 saturated carbocycles. The molecule has 3 aliphatic heterocycles. The molecule has 126 valence electrons. The van der Waals surface area contributed by atoms with Gasteiger partial charge in [-0.25, -0.2) is 14.7 Å². The highest BCUT2D eigenvalue weighted by atomic mass is 16.5. The van der Waals surface area contributed by atoms with Gasteiger partial charge in [0.25, 0.3) is 5.91 Å². The molecule has 0 aliphatic carbocycles. The predicted molar refractivity (Wildman–Crippen MR) is 76.9 cm³/mol. The van der Waals surface area contributed by atoms with Gasteiger partial charge in [-0.15, -0.1) is 0 Å². The Bertz CT molecular complexity index is 579. The van der Waals surface area contributed by atoms with Gasteiger partial charge in [0.05, 0.1) is 18.0 Å². The summed E-state index contributed by atoms with van der Waals surface area (Å²) in [6.45, 7) is 0.780. The molecule has 3 aliphatic rings. The van der Waals surface area contributed by atoms with Crippen LogP contribution in [0.4, 0.5) is 9.59 Å². The first kappa shape index (κ1) is 15.5. The molecule has 3 rings (SSSR count). The van der Waals surface area contributed by atoms with E-state index in [4.69, 9.17) is 10.8 Å². The number of piperidine rings is 1. The molecule has 10 nitrogen and oxygen atoms in total. The largest absolute Gasteiger partial charge is 0.465 e. The lowest BCUT2D eigenvalue weighted by Crippen LogP contribution is -2.48. The normalized spacial score (nSPS) is 31.0. The first-order valence-corrected chi connectivity index (χ1v) is 7.53. The summed E-state index contributed by atoms with van der Waals surface area (Å²) in [7, 11) is 0. The highest BCUT2D eigenvalue weighted by molar-refractivity contribution is 5.99. The Morgan fingerprint density at radius 1 is 1.22 bits per heavy atom. The standard InChI is InChI=1S/C13H19N5O5/c14-10(9-2-1-8-6-17(9)12(20)18(8)23)15-11(19)7-3-4-16(5-7)13(21)22/h7-9,23H,1-6H2,(H,21,22)(H2,14,15,19)/t7-,8-,9+/m1/s1. The van der Waals surface area contributed by atoms with Gasteiger partial charge in [0.15, 0.2) is 0 Å². The molecule has 0 spiro atoms. The summed E-state index contributed by atoms with van der Waals surface area (Å²) < 4.78 is 0. The summed E-state index contributed by atoms with van der Waals surface area (Å²) in [6.07, 6.45) is 0.481. The Balaban J connectivity index is 1.67. The third-order valence-electron chi connectivity index (χ3n) is 4.73. The van der Waals surface area contributed by atoms with Crippen molar-refractivity contribution < 1.29 is 24.7 Å². The van der Waals surface area contributed by atoms with E-state index in [0.717, 1.165) is 0 Å². The molecule has 23 heavy (non-hydrogen) atoms. The third kappa shape index (κ3) is 2.69. The van der Waals surface area contributed by atoms with Crippen molar-refractivity contribution in [3.05, 3.63) is 0 Å². The molecule has 0 aromatic heterocycles. The van der Waals surface area contributed by atoms with E-state index >= 15 is 0 Å². The van der Waals surface area contributed by atoms with Crippen molar-refractivity contribution in [1.82, 2.24) is 14.9 Å². The SMILES string of the molecule is NC(=NC(=O)[C@@H]1CCN(C(=O)O)C1)[C@@H]1CC[C@@H]2CN1C(=O)N2O. The number of urea groups is 1. The van der Waals surface area contributed by atoms with Gasteiger partial charge in [-0.2, -0.15) is 4.99 Å². The van der Waals surface area contributed by atoms with Crippen molar-refractivity contribution in [2.24, 2.45) is 16.6 Å². The van der Waals surface area contributed by atoms with Gasteiger partial charge in [-0.05, 0) is 19.3 Å². The molecule has 3 saturated heterocycles. The Morgan fingerprint density at radius 2 is 1.96 bits per heavy atom. The van der Waals surface area contributed by atoms with Gasteiger partial charge in [0, 0.05) is 19.6 Å². The molecule has 10 heteroatoms. The smallest absolute Gasteiger partial charge is 0.407 e. The van der Waals surface area contributed by atoms with Crippen molar-refractivity contribution in [3.63, 3.8) is 0 Å². The Labute approximate surface area is 132 Å². The van der Waals surface area contributed by atoms with E-state index in [2.05, 4.69) is 4.99 Å². The number of hydroxylamine groups is 2. The zero-order valence-electron chi connectivity index (χ0n) is 12.5. The molecule has 4 N–H and O–H groups in total. The van der Waals surface area contributed by atoms with Crippen LogP contribution in [0, 0.1) is 5.92 Å². The second kappa shape index (κ2) is 5.69. The fourth-order valence-corrected chi connectivity index (χ4v) is 3.39. The Hall–Kier alpha value is -2.36. The Morgan fingerprint density at radius 3 is 2.61 bits per heavy atom. The molecule has 3 heterocycles. The highest BCUT2D eigenvalue weighted by Crippen LogP contribution is 2.28. The third-order valence-corrected chi connectivity index (χ3v) is 4.73. The van der Waals surface area contributed by atoms with E-state index < -0.39 is 30.0 Å². The van der Waals surface area contributed by atoms with Crippen molar-refractivity contribution in [2.75, 3.05) is 19.6 Å². The fraction of sp³-hybridized carbons (Fsp3) is 0.692. The highest BCUT2D eigenvalue weighted by Gasteiger charge is 2.45. The summed E-state index contributed by atoms with van der Waals surface area (Å²) in [4.78, 5) is 41.4. The van der Waals surface area contributed by atoms with E-state index in [1.165, 1.54) is 9.80 Å². The summed E-state index contributed by atoms with van der Waals surface area (Å²) in [5.74, 6) is -0.906. The summed E-state index contributed by atoms with van der Waals surface area (Å²) in [6, 6.07) is -1.26. The number of nitrogens with zero attached hydrogens (tertiary/aromatic N) is 4. The van der Waals surface area contributed by atoms with Gasteiger partial charge in [0.2, 0.25) is 0 Å². The summed E-state index contributed by atoms with van der Waals surface area (Å²) >= 11 is 0. The maximum atomic E-state index is 12.2. The first-order chi connectivity index (χ1) is 10.9. The first-order valence-electron chi connectivity index (χ1n) is 7.53. The second-order valence-electron chi connectivity index (χ2n) is 6.12. The zero-order valence-corrected chi connectivity index (χ0v) is 12.5. The van der Waals surface area contributed by atoms with Crippen LogP contribution >= 0.6 is 0 Å². The van der Waals surface area contributed by atoms with Crippen LogP contribution in [0.2, 0.25) is 0 Å². The van der Waals surface area contributed by atoms with Gasteiger partial charge < -0.3 is 20.6 Å². The minimum atomic E-state index is -1.05. The maximum absolute atomic E-state index is 12.2. The number of fused-ring (bicyclic) bond motifs is 2. The van der Waals surface area contributed by atoms with Gasteiger partial charge in [-0.1, -0.05) is 0 Å². The quantitative estimate of drug-likeness (QED) is 0.356. The lowest BCUT2D eigenvalue weighted by molar-refractivity contribution is -0.121. The molecule has 0 aromatic rings. The van der Waals surface area contributed by atoms with E-state index in [9.17, 15) is 19.6 Å². The van der Waals surface area contributed by atoms with Gasteiger partial charge in [0.1, 0.15) is 5.84 Å². The number of hydrogen-bond donors (Lipinski definition) is 3. The molecular formula is C13H19N5O5. The summed E-state index contributed by atoms with van der Waals surface area (Å²) in [5, 5.41) is 19.2. The number of rotatable bonds is 2. The van der Waals surface area contributed by atoms with Crippen molar-refractivity contribution in [2.45, 2.75) is 31.3 Å². The number of carbonyl (C=O) groups is 3. The lowest BCUT2D eigenvalue weighted by atomic mass is 10.00. The van der Waals surface area contributed by atoms with Crippen LogP contribution in [0.5, 0.6) is 0 Å². The number of aliphatic imine (C=N–C) groups is 1. The van der Waals surface area contributed by atoms with Crippen LogP contribution in [-0.2, 0) is 4.79 Å². The summed E-state index contributed by atoms with van der Waals surface area (Å²) in [5.41, 5.74) is 5.91. The number of amidine groups is 1. The number of hydrogen-bond acceptors (Lipinski definition) is 4. The monoisotopic (exact) mass is 325 g/mol. The molecule has 0 unspecified atom stereocenters. The van der Waals surface area contributed by atoms with Crippen molar-refractivity contribution in [1.29, 1.82) is 0 Å². The van der Waals surface area contributed by atoms with Crippen molar-refractivity contribution >= 4 is 23.9 Å². The molecule has 3 atom stereocenters. The average molecular weight is 325 g/mol. The molecular weight excluding hydrogens is 306 g/mol. The van der Waals surface area contributed by atoms with E-state index in [-0.39, 0.29) is 18.4 Å². The maximum Gasteiger partial charge on any atom is 0.407 e. The lowest BCUT2D eigenvalue weighted by Gasteiger charge is -2.29. The van der Waals surface area contributed by atoms with Crippen LogP contribution < -0.4 is 5.73 Å². The van der Waals surface area contributed by atoms with Gasteiger partial charge >= 0.3 is 12.1 Å². The number of carboxylic acid groups (broad SMARTS) is 1. The van der Waals surface area contributed by atoms with E-state index in [1.54, 1.807) is 0 Å². The minimum Gasteiger partial charge on any atom is -0.465 e. The second-order valence-corrected chi connectivity index (χ2v) is 6.12. The number of likely N-dealkylation sites (tertiary alicyclic amines) is 1. The number of amides is 4. The van der Waals surface area contributed by atoms with Crippen LogP contribution in [0.1, 0.15) is 19.3 Å². The average Bonchev–Trinajstić information content (AvgIpc) is 3.09. The Kier molecular flexibility index (Phi) is 3.84. The van der Waals surface area contributed by atoms with Crippen LogP contribution in [0.25, 0.3) is 0 Å². The fourth-order valence-electron chi connectivity index (χ4n) is 3.39. The van der Waals surface area contributed by atoms with Crippen LogP contribution in [-0.4, -0.2) is 80.8 Å². The van der Waals surface area contributed by atoms with E-state index in [0.29, 0.717) is 37.4 Å². The van der Waals surface area contributed by atoms with Crippen molar-refractivity contribution in [3.8, 4) is 0 Å².